The van der Waals surface area contributed by atoms with E-state index in [1.165, 1.54) is 0 Å². The van der Waals surface area contributed by atoms with Gasteiger partial charge in [-0.2, -0.15) is 0 Å². The van der Waals surface area contributed by atoms with E-state index in [9.17, 15) is 0 Å². The van der Waals surface area contributed by atoms with E-state index in [-0.39, 0.29) is 12.1 Å². The Balaban J connectivity index is 1.89. The Morgan fingerprint density at radius 3 is 1.70 bits per heavy atom. The number of nitrogen functional groups attached to an aromatic ring is 1. The molecule has 2 aliphatic heterocycles. The Hall–Kier alpha value is -2.11. The zero-order chi connectivity index (χ0) is 16.6. The van der Waals surface area contributed by atoms with Gasteiger partial charge in [0.05, 0.1) is 12.1 Å². The summed E-state index contributed by atoms with van der Waals surface area (Å²) in [6.45, 7) is 9.70. The molecule has 3 heterocycles. The smallest absolute Gasteiger partial charge is 0.235 e. The van der Waals surface area contributed by atoms with Gasteiger partial charge in [0, 0.05) is 5.69 Å². The van der Waals surface area contributed by atoms with Gasteiger partial charge in [0.1, 0.15) is 24.6 Å². The largest absolute Gasteiger partial charge is 0.474 e. The number of aromatic nitrogens is 1. The molecule has 0 spiro atoms. The number of rotatable bonds is 4. The monoisotopic (exact) mass is 316 g/mol. The zero-order valence-electron chi connectivity index (χ0n) is 14.1. The van der Waals surface area contributed by atoms with Crippen molar-refractivity contribution in [2.45, 2.75) is 39.8 Å². The van der Waals surface area contributed by atoms with Crippen molar-refractivity contribution in [1.29, 1.82) is 0 Å². The summed E-state index contributed by atoms with van der Waals surface area (Å²) < 4.78 is 11.4. The minimum Gasteiger partial charge on any atom is -0.474 e. The van der Waals surface area contributed by atoms with Crippen molar-refractivity contribution in [1.82, 2.24) is 4.98 Å². The molecule has 0 saturated carbocycles. The van der Waals surface area contributed by atoms with E-state index in [2.05, 4.69) is 42.7 Å². The van der Waals surface area contributed by atoms with Gasteiger partial charge in [-0.3, -0.25) is 0 Å². The van der Waals surface area contributed by atoms with Crippen LogP contribution in [0.3, 0.4) is 0 Å². The first-order valence-corrected chi connectivity index (χ1v) is 8.13. The lowest BCUT2D eigenvalue weighted by Gasteiger charge is -2.07. The third kappa shape index (κ3) is 3.30. The van der Waals surface area contributed by atoms with Gasteiger partial charge >= 0.3 is 0 Å². The average Bonchev–Trinajstić information content (AvgIpc) is 3.16. The molecule has 0 aromatic carbocycles. The van der Waals surface area contributed by atoms with E-state index in [1.807, 2.05) is 0 Å². The standard InChI is InChI=1S/C17H24N4O2/c1-9(2)14-7-22-16(20-14)12-5-11(18)6-13(19-12)17-21-15(8-23-17)10(3)4/h5-6,9-10,14-15H,7-8H2,1-4H3,(H2,18,19)/t14-,15-/m0/s1. The number of nitrogens with zero attached hydrogens (tertiary/aromatic N) is 3. The van der Waals surface area contributed by atoms with Crippen LogP contribution in [0.5, 0.6) is 0 Å². The number of hydrogen-bond donors (Lipinski definition) is 1. The first-order chi connectivity index (χ1) is 10.9. The Bertz CT molecular complexity index is 600. The number of pyridine rings is 1. The van der Waals surface area contributed by atoms with Crippen LogP contribution in [0, 0.1) is 11.8 Å². The molecule has 0 aliphatic carbocycles. The summed E-state index contributed by atoms with van der Waals surface area (Å²) >= 11 is 0. The maximum atomic E-state index is 6.02. The maximum Gasteiger partial charge on any atom is 0.235 e. The van der Waals surface area contributed by atoms with E-state index in [4.69, 9.17) is 15.2 Å². The highest BCUT2D eigenvalue weighted by molar-refractivity contribution is 5.98. The van der Waals surface area contributed by atoms with Crippen molar-refractivity contribution in [3.8, 4) is 0 Å². The number of ether oxygens (including phenoxy) is 2. The van der Waals surface area contributed by atoms with Crippen LogP contribution in [0.15, 0.2) is 22.1 Å². The molecule has 23 heavy (non-hydrogen) atoms. The summed E-state index contributed by atoms with van der Waals surface area (Å²) in [6, 6.07) is 3.89. The topological polar surface area (TPSA) is 82.1 Å². The fourth-order valence-electron chi connectivity index (χ4n) is 2.51. The van der Waals surface area contributed by atoms with Gasteiger partial charge in [-0.15, -0.1) is 0 Å². The van der Waals surface area contributed by atoms with Gasteiger partial charge in [-0.25, -0.2) is 15.0 Å². The maximum absolute atomic E-state index is 6.02. The van der Waals surface area contributed by atoms with Gasteiger partial charge in [-0.05, 0) is 24.0 Å². The molecular formula is C17H24N4O2. The Morgan fingerprint density at radius 2 is 1.35 bits per heavy atom. The minimum atomic E-state index is 0.169. The molecule has 0 bridgehead atoms. The van der Waals surface area contributed by atoms with Crippen LogP contribution in [-0.4, -0.2) is 42.1 Å². The summed E-state index contributed by atoms with van der Waals surface area (Å²) in [7, 11) is 0. The number of hydrogen-bond acceptors (Lipinski definition) is 6. The molecule has 6 heteroatoms. The van der Waals surface area contributed by atoms with Gasteiger partial charge in [0.2, 0.25) is 11.8 Å². The normalized spacial score (nSPS) is 23.7. The Labute approximate surface area is 136 Å². The molecule has 2 aliphatic rings. The van der Waals surface area contributed by atoms with Crippen LogP contribution in [0.4, 0.5) is 5.69 Å². The molecule has 1 aromatic heterocycles. The molecule has 0 saturated heterocycles. The van der Waals surface area contributed by atoms with E-state index in [0.717, 1.165) is 0 Å². The highest BCUT2D eigenvalue weighted by Gasteiger charge is 2.27. The highest BCUT2D eigenvalue weighted by atomic mass is 16.5. The van der Waals surface area contributed by atoms with Crippen LogP contribution < -0.4 is 5.73 Å². The third-order valence-corrected chi connectivity index (χ3v) is 4.17. The second kappa shape index (κ2) is 6.18. The second-order valence-corrected chi connectivity index (χ2v) is 6.78. The van der Waals surface area contributed by atoms with Crippen LogP contribution in [0.1, 0.15) is 39.1 Å². The molecule has 1 aromatic rings. The lowest BCUT2D eigenvalue weighted by Crippen LogP contribution is -2.13. The van der Waals surface area contributed by atoms with Gasteiger partial charge in [0.15, 0.2) is 0 Å². The zero-order valence-corrected chi connectivity index (χ0v) is 14.1. The molecule has 0 radical (unpaired) electrons. The lowest BCUT2D eigenvalue weighted by atomic mass is 10.1. The summed E-state index contributed by atoms with van der Waals surface area (Å²) in [5.74, 6) is 1.97. The summed E-state index contributed by atoms with van der Waals surface area (Å²) in [4.78, 5) is 13.8. The van der Waals surface area contributed by atoms with E-state index in [1.54, 1.807) is 12.1 Å². The van der Waals surface area contributed by atoms with Gasteiger partial charge < -0.3 is 15.2 Å². The van der Waals surface area contributed by atoms with Crippen LogP contribution >= 0.6 is 0 Å². The van der Waals surface area contributed by atoms with Gasteiger partial charge in [0.25, 0.3) is 0 Å². The van der Waals surface area contributed by atoms with Crippen LogP contribution in [0.2, 0.25) is 0 Å². The highest BCUT2D eigenvalue weighted by Crippen LogP contribution is 2.21. The Kier molecular flexibility index (Phi) is 4.24. The van der Waals surface area contributed by atoms with E-state index >= 15 is 0 Å². The quantitative estimate of drug-likeness (QED) is 0.923. The minimum absolute atomic E-state index is 0.169. The molecule has 2 N–H and O–H groups in total. The number of nitrogens with two attached hydrogens (primary N) is 1. The van der Waals surface area contributed by atoms with Gasteiger partial charge in [-0.1, -0.05) is 27.7 Å². The lowest BCUT2D eigenvalue weighted by molar-refractivity contribution is 0.290. The van der Waals surface area contributed by atoms with Crippen molar-refractivity contribution < 1.29 is 9.47 Å². The fraction of sp³-hybridized carbons (Fsp3) is 0.588. The fourth-order valence-corrected chi connectivity index (χ4v) is 2.51. The summed E-state index contributed by atoms with van der Waals surface area (Å²) in [5.41, 5.74) is 7.91. The van der Waals surface area contributed by atoms with Crippen molar-refractivity contribution in [2.75, 3.05) is 18.9 Å². The predicted molar refractivity (Wildman–Crippen MR) is 90.9 cm³/mol. The molecular weight excluding hydrogens is 292 g/mol. The van der Waals surface area contributed by atoms with E-state index in [0.29, 0.717) is 53.9 Å². The first-order valence-electron chi connectivity index (χ1n) is 8.13. The van der Waals surface area contributed by atoms with E-state index < -0.39 is 0 Å². The summed E-state index contributed by atoms with van der Waals surface area (Å²) in [5, 5.41) is 0. The summed E-state index contributed by atoms with van der Waals surface area (Å²) in [6.07, 6.45) is 0. The van der Waals surface area contributed by atoms with Crippen molar-refractivity contribution in [2.24, 2.45) is 21.8 Å². The molecule has 124 valence electrons. The third-order valence-electron chi connectivity index (χ3n) is 4.17. The van der Waals surface area contributed by atoms with Crippen molar-refractivity contribution >= 4 is 17.5 Å². The predicted octanol–water partition coefficient (Wildman–Crippen LogP) is 2.27. The second-order valence-electron chi connectivity index (χ2n) is 6.78. The molecule has 0 unspecified atom stereocenters. The SMILES string of the molecule is CC(C)[C@@H]1COC(c2cc(N)cc(C3=N[C@H](C(C)C)CO3)n2)=N1. The van der Waals surface area contributed by atoms with Crippen molar-refractivity contribution in [3.05, 3.63) is 23.5 Å². The molecule has 6 nitrogen and oxygen atoms in total. The average molecular weight is 316 g/mol. The molecule has 2 atom stereocenters. The van der Waals surface area contributed by atoms with Crippen molar-refractivity contribution in [3.63, 3.8) is 0 Å². The molecule has 3 rings (SSSR count). The number of anilines is 1. The van der Waals surface area contributed by atoms with Crippen LogP contribution in [0.25, 0.3) is 0 Å². The molecule has 0 amide bonds. The van der Waals surface area contributed by atoms with Crippen LogP contribution in [-0.2, 0) is 9.47 Å². The molecule has 0 fully saturated rings. The Morgan fingerprint density at radius 1 is 0.913 bits per heavy atom. The first kappa shape index (κ1) is 15.8. The number of aliphatic imine (C=N–C) groups is 2.